The summed E-state index contributed by atoms with van der Waals surface area (Å²) in [6, 6.07) is 7.67. The molecular formula is C13H8FN3O2S. The highest BCUT2D eigenvalue weighted by Crippen LogP contribution is 2.36. The number of aromatic carboxylic acids is 1. The molecule has 0 saturated carbocycles. The molecule has 1 aromatic carbocycles. The lowest BCUT2D eigenvalue weighted by atomic mass is 10.1. The number of benzene rings is 1. The number of carboxylic acid groups (broad SMARTS) is 1. The minimum atomic E-state index is -1.16. The zero-order chi connectivity index (χ0) is 14.3. The molecule has 20 heavy (non-hydrogen) atoms. The van der Waals surface area contributed by atoms with E-state index < -0.39 is 5.97 Å². The second kappa shape index (κ2) is 4.53. The van der Waals surface area contributed by atoms with Gasteiger partial charge in [-0.3, -0.25) is 0 Å². The Bertz CT molecular complexity index is 814. The number of rotatable bonds is 2. The van der Waals surface area contributed by atoms with E-state index in [2.05, 4.69) is 10.2 Å². The van der Waals surface area contributed by atoms with E-state index in [-0.39, 0.29) is 17.3 Å². The minimum Gasteiger partial charge on any atom is -0.476 e. The van der Waals surface area contributed by atoms with E-state index in [1.165, 1.54) is 23.5 Å². The van der Waals surface area contributed by atoms with Crippen LogP contribution in [0.3, 0.4) is 0 Å². The number of hydrogen-bond acceptors (Lipinski definition) is 5. The van der Waals surface area contributed by atoms with Gasteiger partial charge in [0.25, 0.3) is 0 Å². The number of fused-ring (bicyclic) bond motifs is 1. The van der Waals surface area contributed by atoms with Crippen LogP contribution >= 0.6 is 11.3 Å². The Labute approximate surface area is 116 Å². The van der Waals surface area contributed by atoms with Gasteiger partial charge < -0.3 is 10.8 Å². The van der Waals surface area contributed by atoms with Crippen molar-refractivity contribution in [2.45, 2.75) is 0 Å². The van der Waals surface area contributed by atoms with Gasteiger partial charge in [0.1, 0.15) is 5.82 Å². The number of carbonyl (C=O) groups is 1. The fourth-order valence-electron chi connectivity index (χ4n) is 1.86. The summed E-state index contributed by atoms with van der Waals surface area (Å²) >= 11 is 1.24. The van der Waals surface area contributed by atoms with E-state index in [0.717, 1.165) is 10.4 Å². The highest BCUT2D eigenvalue weighted by Gasteiger charge is 2.17. The highest BCUT2D eigenvalue weighted by atomic mass is 32.1. The number of nitrogen functional groups attached to an aromatic ring is 1. The average molecular weight is 289 g/mol. The monoisotopic (exact) mass is 289 g/mol. The molecule has 3 rings (SSSR count). The number of hydrogen-bond donors (Lipinski definition) is 2. The Balaban J connectivity index is 2.24. The van der Waals surface area contributed by atoms with E-state index in [4.69, 9.17) is 10.8 Å². The van der Waals surface area contributed by atoms with Crippen molar-refractivity contribution >= 4 is 33.2 Å². The van der Waals surface area contributed by atoms with Crippen LogP contribution < -0.4 is 5.73 Å². The first-order valence-electron chi connectivity index (χ1n) is 5.61. The van der Waals surface area contributed by atoms with E-state index >= 15 is 0 Å². The minimum absolute atomic E-state index is 0.132. The van der Waals surface area contributed by atoms with Crippen LogP contribution in [-0.4, -0.2) is 21.3 Å². The molecule has 0 aliphatic rings. The normalized spacial score (nSPS) is 10.8. The quantitative estimate of drug-likeness (QED) is 0.757. The molecule has 2 aromatic heterocycles. The fraction of sp³-hybridized carbons (Fsp3) is 0. The second-order valence-electron chi connectivity index (χ2n) is 4.10. The van der Waals surface area contributed by atoms with E-state index in [1.807, 2.05) is 0 Å². The third-order valence-corrected chi connectivity index (χ3v) is 4.00. The Kier molecular flexibility index (Phi) is 2.83. The largest absolute Gasteiger partial charge is 0.476 e. The third kappa shape index (κ3) is 1.97. The number of nitrogens with zero attached hydrogens (tertiary/aromatic N) is 2. The van der Waals surface area contributed by atoms with Gasteiger partial charge in [0, 0.05) is 10.3 Å². The van der Waals surface area contributed by atoms with Crippen molar-refractivity contribution in [1.82, 2.24) is 10.2 Å². The number of anilines is 1. The van der Waals surface area contributed by atoms with Gasteiger partial charge in [0.15, 0.2) is 11.5 Å². The second-order valence-corrected chi connectivity index (χ2v) is 5.15. The van der Waals surface area contributed by atoms with Crippen molar-refractivity contribution in [2.75, 3.05) is 5.73 Å². The van der Waals surface area contributed by atoms with E-state index in [9.17, 15) is 9.18 Å². The number of nitrogens with two attached hydrogens (primary N) is 1. The van der Waals surface area contributed by atoms with Crippen LogP contribution in [0.4, 0.5) is 10.2 Å². The number of carboxylic acids is 1. The predicted octanol–water partition coefficient (Wildman–Crippen LogP) is 2.78. The van der Waals surface area contributed by atoms with Gasteiger partial charge in [-0.1, -0.05) is 12.1 Å². The van der Waals surface area contributed by atoms with Crippen LogP contribution in [0.15, 0.2) is 30.3 Å². The summed E-state index contributed by atoms with van der Waals surface area (Å²) in [5.74, 6) is -1.31. The predicted molar refractivity (Wildman–Crippen MR) is 74.2 cm³/mol. The van der Waals surface area contributed by atoms with Crippen molar-refractivity contribution < 1.29 is 14.3 Å². The molecule has 0 aliphatic carbocycles. The standard InChI is InChI=1S/C13H8FN3O2S/c14-7-3-1-6(2-4-7)9-5-8-11(20-9)10(13(18)19)16-17-12(8)15/h1-5H,(H2,15,17)(H,18,19). The molecule has 5 nitrogen and oxygen atoms in total. The lowest BCUT2D eigenvalue weighted by Crippen LogP contribution is -2.04. The molecule has 0 fully saturated rings. The van der Waals surface area contributed by atoms with E-state index in [1.54, 1.807) is 18.2 Å². The Morgan fingerprint density at radius 2 is 1.95 bits per heavy atom. The maximum atomic E-state index is 12.9. The molecule has 100 valence electrons. The summed E-state index contributed by atoms with van der Waals surface area (Å²) in [6.45, 7) is 0. The van der Waals surface area contributed by atoms with Gasteiger partial charge in [0.05, 0.1) is 4.70 Å². The van der Waals surface area contributed by atoms with Gasteiger partial charge in [-0.15, -0.1) is 21.5 Å². The van der Waals surface area contributed by atoms with Crippen molar-refractivity contribution in [3.63, 3.8) is 0 Å². The first-order valence-corrected chi connectivity index (χ1v) is 6.43. The van der Waals surface area contributed by atoms with Crippen molar-refractivity contribution in [3.8, 4) is 10.4 Å². The Morgan fingerprint density at radius 1 is 1.25 bits per heavy atom. The summed E-state index contributed by atoms with van der Waals surface area (Å²) < 4.78 is 13.4. The van der Waals surface area contributed by atoms with Crippen molar-refractivity contribution in [3.05, 3.63) is 41.8 Å². The molecule has 7 heteroatoms. The zero-order valence-electron chi connectivity index (χ0n) is 10.0. The highest BCUT2D eigenvalue weighted by molar-refractivity contribution is 7.22. The summed E-state index contributed by atoms with van der Waals surface area (Å²) in [7, 11) is 0. The first-order chi connectivity index (χ1) is 9.56. The molecule has 0 radical (unpaired) electrons. The zero-order valence-corrected chi connectivity index (χ0v) is 10.8. The molecule has 3 aromatic rings. The molecule has 2 heterocycles. The molecule has 0 unspecified atom stereocenters. The third-order valence-electron chi connectivity index (χ3n) is 2.81. The van der Waals surface area contributed by atoms with Crippen molar-refractivity contribution in [2.24, 2.45) is 0 Å². The molecule has 3 N–H and O–H groups in total. The summed E-state index contributed by atoms with van der Waals surface area (Å²) in [4.78, 5) is 11.9. The van der Waals surface area contributed by atoms with E-state index in [0.29, 0.717) is 10.1 Å². The van der Waals surface area contributed by atoms with Crippen LogP contribution in [-0.2, 0) is 0 Å². The summed E-state index contributed by atoms with van der Waals surface area (Å²) in [5.41, 5.74) is 6.37. The topological polar surface area (TPSA) is 89.1 Å². The van der Waals surface area contributed by atoms with Crippen LogP contribution in [0.5, 0.6) is 0 Å². The maximum Gasteiger partial charge on any atom is 0.357 e. The van der Waals surface area contributed by atoms with Gasteiger partial charge in [-0.2, -0.15) is 0 Å². The van der Waals surface area contributed by atoms with Crippen LogP contribution in [0.1, 0.15) is 10.5 Å². The molecule has 0 aliphatic heterocycles. The summed E-state index contributed by atoms with van der Waals surface area (Å²) in [5, 5.41) is 16.9. The Morgan fingerprint density at radius 3 is 2.60 bits per heavy atom. The lowest BCUT2D eigenvalue weighted by Gasteiger charge is -1.96. The first kappa shape index (κ1) is 12.5. The van der Waals surface area contributed by atoms with Gasteiger partial charge in [-0.05, 0) is 23.8 Å². The van der Waals surface area contributed by atoms with Crippen LogP contribution in [0.25, 0.3) is 20.5 Å². The van der Waals surface area contributed by atoms with Crippen molar-refractivity contribution in [1.29, 1.82) is 0 Å². The van der Waals surface area contributed by atoms with Crippen LogP contribution in [0, 0.1) is 5.82 Å². The molecular weight excluding hydrogens is 281 g/mol. The van der Waals surface area contributed by atoms with Gasteiger partial charge in [-0.25, -0.2) is 9.18 Å². The number of aromatic nitrogens is 2. The average Bonchev–Trinajstić information content (AvgIpc) is 2.85. The number of halogens is 1. The fourth-order valence-corrected chi connectivity index (χ4v) is 3.01. The van der Waals surface area contributed by atoms with Crippen LogP contribution in [0.2, 0.25) is 0 Å². The molecule has 0 spiro atoms. The molecule has 0 amide bonds. The van der Waals surface area contributed by atoms with Gasteiger partial charge >= 0.3 is 5.97 Å². The molecule has 0 bridgehead atoms. The molecule has 0 saturated heterocycles. The lowest BCUT2D eigenvalue weighted by molar-refractivity contribution is 0.0692. The maximum absolute atomic E-state index is 12.9. The smallest absolute Gasteiger partial charge is 0.357 e. The SMILES string of the molecule is Nc1nnc(C(=O)O)c2sc(-c3ccc(F)cc3)cc12. The number of thiophene rings is 1. The van der Waals surface area contributed by atoms with Gasteiger partial charge in [0.2, 0.25) is 0 Å². The summed E-state index contributed by atoms with van der Waals surface area (Å²) in [6.07, 6.45) is 0. The molecule has 0 atom stereocenters. The Hall–Kier alpha value is -2.54.